The molecule has 2 nitrogen and oxygen atoms in total. The van der Waals surface area contributed by atoms with Crippen molar-refractivity contribution in [2.24, 2.45) is 0 Å². The summed E-state index contributed by atoms with van der Waals surface area (Å²) in [6.45, 7) is 3.52. The van der Waals surface area contributed by atoms with E-state index in [4.69, 9.17) is 0 Å². The molecule has 2 aromatic rings. The van der Waals surface area contributed by atoms with Crippen molar-refractivity contribution in [3.05, 3.63) is 45.2 Å². The van der Waals surface area contributed by atoms with Crippen molar-refractivity contribution >= 4 is 10.9 Å². The summed E-state index contributed by atoms with van der Waals surface area (Å²) in [4.78, 5) is 13.6. The van der Waals surface area contributed by atoms with Crippen LogP contribution >= 0.6 is 0 Å². The first-order valence-corrected chi connectivity index (χ1v) is 5.00. The van der Waals surface area contributed by atoms with Crippen LogP contribution in [0.5, 0.6) is 0 Å². The van der Waals surface area contributed by atoms with Gasteiger partial charge in [0.2, 0.25) is 5.56 Å². The fourth-order valence-electron chi connectivity index (χ4n) is 1.75. The Kier molecular flexibility index (Phi) is 2.49. The lowest BCUT2D eigenvalue weighted by Gasteiger charge is -2.11. The Morgan fingerprint density at radius 1 is 1.06 bits per heavy atom. The van der Waals surface area contributed by atoms with Crippen LogP contribution in [0.2, 0.25) is 0 Å². The molecule has 0 aliphatic heterocycles. The Bertz CT molecular complexity index is 640. The highest BCUT2D eigenvalue weighted by molar-refractivity contribution is 5.84. The zero-order chi connectivity index (χ0) is 12.8. The molecule has 5 heteroatoms. The van der Waals surface area contributed by atoms with E-state index >= 15 is 0 Å². The minimum atomic E-state index is -4.52. The maximum atomic E-state index is 12.8. The fourth-order valence-corrected chi connectivity index (χ4v) is 1.75. The summed E-state index contributed by atoms with van der Waals surface area (Å²) in [5.41, 5.74) is 0.183. The molecule has 90 valence electrons. The molecule has 0 radical (unpaired) electrons. The van der Waals surface area contributed by atoms with E-state index in [0.29, 0.717) is 6.07 Å². The molecule has 1 heterocycles. The highest BCUT2D eigenvalue weighted by atomic mass is 19.4. The summed E-state index contributed by atoms with van der Waals surface area (Å²) in [6.07, 6.45) is -4.52. The average molecular weight is 241 g/mol. The number of nitrogens with one attached hydrogen (secondary N) is 1. The van der Waals surface area contributed by atoms with Gasteiger partial charge in [0, 0.05) is 17.0 Å². The average Bonchev–Trinajstić information content (AvgIpc) is 2.18. The first-order valence-electron chi connectivity index (χ1n) is 5.00. The number of hydrogen-bond acceptors (Lipinski definition) is 1. The van der Waals surface area contributed by atoms with Gasteiger partial charge in [-0.05, 0) is 37.1 Å². The zero-order valence-corrected chi connectivity index (χ0v) is 9.27. The minimum absolute atomic E-state index is 0.0280. The monoisotopic (exact) mass is 241 g/mol. The van der Waals surface area contributed by atoms with Crippen molar-refractivity contribution in [3.63, 3.8) is 0 Å². The maximum Gasteiger partial charge on any atom is 0.417 e. The number of aromatic amines is 1. The molecule has 0 spiro atoms. The number of aromatic nitrogens is 1. The molecule has 0 saturated carbocycles. The van der Waals surface area contributed by atoms with Crippen LogP contribution in [-0.4, -0.2) is 4.98 Å². The lowest BCUT2D eigenvalue weighted by molar-refractivity contribution is -0.136. The first-order chi connectivity index (χ1) is 7.79. The molecule has 17 heavy (non-hydrogen) atoms. The molecule has 0 aliphatic carbocycles. The summed E-state index contributed by atoms with van der Waals surface area (Å²) in [7, 11) is 0. The van der Waals surface area contributed by atoms with Crippen molar-refractivity contribution in [2.45, 2.75) is 20.0 Å². The Labute approximate surface area is 95.1 Å². The van der Waals surface area contributed by atoms with E-state index in [0.717, 1.165) is 11.1 Å². The number of benzene rings is 1. The molecule has 0 bridgehead atoms. The van der Waals surface area contributed by atoms with Gasteiger partial charge in [-0.15, -0.1) is 0 Å². The predicted octanol–water partition coefficient (Wildman–Crippen LogP) is 3.16. The third kappa shape index (κ3) is 2.05. The third-order valence-corrected chi connectivity index (χ3v) is 2.76. The lowest BCUT2D eigenvalue weighted by atomic mass is 10.0. The summed E-state index contributed by atoms with van der Waals surface area (Å²) in [5, 5.41) is 0.0280. The third-order valence-electron chi connectivity index (χ3n) is 2.76. The highest BCUT2D eigenvalue weighted by Gasteiger charge is 2.33. The highest BCUT2D eigenvalue weighted by Crippen LogP contribution is 2.33. The molecule has 1 aromatic carbocycles. The molecule has 0 fully saturated rings. The second-order valence-corrected chi connectivity index (χ2v) is 4.03. The Balaban J connectivity index is 2.93. The quantitative estimate of drug-likeness (QED) is 0.755. The van der Waals surface area contributed by atoms with Crippen LogP contribution < -0.4 is 5.56 Å². The molecule has 1 aromatic heterocycles. The van der Waals surface area contributed by atoms with Gasteiger partial charge in [-0.25, -0.2) is 0 Å². The lowest BCUT2D eigenvalue weighted by Crippen LogP contribution is -2.14. The molecule has 0 unspecified atom stereocenters. The summed E-state index contributed by atoms with van der Waals surface area (Å²) in [5.74, 6) is 0. The van der Waals surface area contributed by atoms with E-state index < -0.39 is 17.3 Å². The molecule has 2 rings (SSSR count). The number of alkyl halides is 3. The van der Waals surface area contributed by atoms with E-state index in [1.54, 1.807) is 19.9 Å². The van der Waals surface area contributed by atoms with Crippen LogP contribution in [0.25, 0.3) is 10.9 Å². The maximum absolute atomic E-state index is 12.8. The smallest absolute Gasteiger partial charge is 0.322 e. The summed E-state index contributed by atoms with van der Waals surface area (Å²) in [6, 6.07) is 3.60. The van der Waals surface area contributed by atoms with Crippen molar-refractivity contribution in [1.82, 2.24) is 4.98 Å². The molecule has 0 atom stereocenters. The topological polar surface area (TPSA) is 32.9 Å². The van der Waals surface area contributed by atoms with Crippen LogP contribution in [-0.2, 0) is 6.18 Å². The number of aryl methyl sites for hydroxylation is 2. The second kappa shape index (κ2) is 3.61. The number of halogens is 3. The molecule has 1 N–H and O–H groups in total. The van der Waals surface area contributed by atoms with Crippen molar-refractivity contribution in [3.8, 4) is 0 Å². The van der Waals surface area contributed by atoms with E-state index in [1.807, 2.05) is 0 Å². The van der Waals surface area contributed by atoms with Gasteiger partial charge in [-0.1, -0.05) is 0 Å². The van der Waals surface area contributed by atoms with E-state index in [9.17, 15) is 18.0 Å². The summed E-state index contributed by atoms with van der Waals surface area (Å²) < 4.78 is 38.3. The SMILES string of the molecule is Cc1cc2[nH]c(=O)cc(C(F)(F)F)c2cc1C. The Morgan fingerprint density at radius 2 is 1.65 bits per heavy atom. The van der Waals surface area contributed by atoms with Crippen molar-refractivity contribution in [1.29, 1.82) is 0 Å². The van der Waals surface area contributed by atoms with Crippen LogP contribution in [0.4, 0.5) is 13.2 Å². The zero-order valence-electron chi connectivity index (χ0n) is 9.27. The number of pyridine rings is 1. The van der Waals surface area contributed by atoms with Crippen LogP contribution in [0.3, 0.4) is 0 Å². The first kappa shape index (κ1) is 11.7. The largest absolute Gasteiger partial charge is 0.417 e. The second-order valence-electron chi connectivity index (χ2n) is 4.03. The van der Waals surface area contributed by atoms with Gasteiger partial charge in [0.25, 0.3) is 0 Å². The van der Waals surface area contributed by atoms with Gasteiger partial charge in [0.15, 0.2) is 0 Å². The van der Waals surface area contributed by atoms with Crippen LogP contribution in [0.1, 0.15) is 16.7 Å². The van der Waals surface area contributed by atoms with Gasteiger partial charge in [0.05, 0.1) is 5.56 Å². The fraction of sp³-hybridized carbons (Fsp3) is 0.250. The van der Waals surface area contributed by atoms with E-state index in [2.05, 4.69) is 4.98 Å². The minimum Gasteiger partial charge on any atom is -0.322 e. The standard InChI is InChI=1S/C12H10F3NO/c1-6-3-8-9(12(13,14)15)5-11(17)16-10(8)4-7(6)2/h3-5H,1-2H3,(H,16,17). The number of hydrogen-bond donors (Lipinski definition) is 1. The van der Waals surface area contributed by atoms with Gasteiger partial charge < -0.3 is 4.98 Å². The van der Waals surface area contributed by atoms with Crippen LogP contribution in [0, 0.1) is 13.8 Å². The molecule has 0 saturated heterocycles. The molecular formula is C12H10F3NO. The number of H-pyrrole nitrogens is 1. The summed E-state index contributed by atoms with van der Waals surface area (Å²) >= 11 is 0. The van der Waals surface area contributed by atoms with Crippen molar-refractivity contribution < 1.29 is 13.2 Å². The van der Waals surface area contributed by atoms with Gasteiger partial charge in [-0.2, -0.15) is 13.2 Å². The Morgan fingerprint density at radius 3 is 2.24 bits per heavy atom. The van der Waals surface area contributed by atoms with Crippen LogP contribution in [0.15, 0.2) is 23.0 Å². The van der Waals surface area contributed by atoms with Crippen molar-refractivity contribution in [2.75, 3.05) is 0 Å². The van der Waals surface area contributed by atoms with Gasteiger partial charge in [0.1, 0.15) is 0 Å². The predicted molar refractivity (Wildman–Crippen MR) is 59.0 cm³/mol. The van der Waals surface area contributed by atoms with Gasteiger partial charge >= 0.3 is 6.18 Å². The van der Waals surface area contributed by atoms with E-state index in [-0.39, 0.29) is 10.9 Å². The molecular weight excluding hydrogens is 231 g/mol. The van der Waals surface area contributed by atoms with E-state index in [1.165, 1.54) is 6.07 Å². The normalized spacial score (nSPS) is 12.1. The molecule has 0 aliphatic rings. The van der Waals surface area contributed by atoms with Gasteiger partial charge in [-0.3, -0.25) is 4.79 Å². The number of fused-ring (bicyclic) bond motifs is 1. The Hall–Kier alpha value is -1.78. The molecule has 0 amide bonds. The number of rotatable bonds is 0.